The molecule has 0 spiro atoms. The summed E-state index contributed by atoms with van der Waals surface area (Å²) in [5, 5.41) is 2.54. The first-order valence-corrected chi connectivity index (χ1v) is 6.93. The van der Waals surface area contributed by atoms with E-state index in [-0.39, 0.29) is 18.7 Å². The highest BCUT2D eigenvalue weighted by Crippen LogP contribution is 2.23. The van der Waals surface area contributed by atoms with Gasteiger partial charge in [-0.25, -0.2) is 4.39 Å². The third kappa shape index (κ3) is 6.14. The molecule has 1 aromatic carbocycles. The van der Waals surface area contributed by atoms with Crippen LogP contribution in [0.4, 0.5) is 10.1 Å². The Balaban J connectivity index is 2.48. The average Bonchev–Trinajstić information content (AvgIpc) is 2.29. The van der Waals surface area contributed by atoms with Crippen molar-refractivity contribution in [2.45, 2.75) is 39.2 Å². The van der Waals surface area contributed by atoms with Gasteiger partial charge in [-0.1, -0.05) is 0 Å². The maximum atomic E-state index is 13.1. The van der Waals surface area contributed by atoms with Crippen LogP contribution in [0.2, 0.25) is 0 Å². The molecule has 0 bridgehead atoms. The van der Waals surface area contributed by atoms with Crippen LogP contribution in [0.25, 0.3) is 0 Å². The third-order valence-electron chi connectivity index (χ3n) is 2.18. The van der Waals surface area contributed by atoms with Crippen molar-refractivity contribution < 1.29 is 18.7 Å². The minimum absolute atomic E-state index is 0.0160. The summed E-state index contributed by atoms with van der Waals surface area (Å²) >= 11 is 3.21. The van der Waals surface area contributed by atoms with E-state index < -0.39 is 17.4 Å². The van der Waals surface area contributed by atoms with Crippen molar-refractivity contribution in [3.05, 3.63) is 28.5 Å². The molecule has 1 N–H and O–H groups in total. The average molecular weight is 346 g/mol. The summed E-state index contributed by atoms with van der Waals surface area (Å²) in [5.74, 6) is -1.26. The Kier molecular flexibility index (Phi) is 5.68. The molecule has 0 aromatic heterocycles. The molecule has 0 radical (unpaired) electrons. The number of nitrogens with one attached hydrogen (secondary N) is 1. The predicted molar refractivity (Wildman–Crippen MR) is 77.8 cm³/mol. The summed E-state index contributed by atoms with van der Waals surface area (Å²) in [6, 6.07) is 3.98. The maximum absolute atomic E-state index is 13.1. The van der Waals surface area contributed by atoms with Crippen LogP contribution in [0.15, 0.2) is 22.7 Å². The second-order valence-corrected chi connectivity index (χ2v) is 6.11. The Morgan fingerprint density at radius 3 is 2.55 bits per heavy atom. The van der Waals surface area contributed by atoms with Gasteiger partial charge in [0, 0.05) is 10.9 Å². The monoisotopic (exact) mass is 345 g/mol. The second kappa shape index (κ2) is 6.83. The van der Waals surface area contributed by atoms with E-state index >= 15 is 0 Å². The van der Waals surface area contributed by atoms with Crippen molar-refractivity contribution in [3.8, 4) is 0 Å². The van der Waals surface area contributed by atoms with E-state index in [2.05, 4.69) is 21.2 Å². The zero-order valence-corrected chi connectivity index (χ0v) is 13.2. The number of rotatable bonds is 4. The Bertz CT molecular complexity index is 512. The molecule has 110 valence electrons. The van der Waals surface area contributed by atoms with Gasteiger partial charge in [-0.3, -0.25) is 9.59 Å². The van der Waals surface area contributed by atoms with Gasteiger partial charge in [0.1, 0.15) is 11.4 Å². The zero-order chi connectivity index (χ0) is 15.3. The van der Waals surface area contributed by atoms with Crippen LogP contribution < -0.4 is 5.32 Å². The van der Waals surface area contributed by atoms with Gasteiger partial charge >= 0.3 is 5.97 Å². The molecule has 0 aliphatic rings. The van der Waals surface area contributed by atoms with E-state index in [1.807, 2.05) is 0 Å². The zero-order valence-electron chi connectivity index (χ0n) is 11.6. The largest absolute Gasteiger partial charge is 0.460 e. The number of esters is 1. The maximum Gasteiger partial charge on any atom is 0.306 e. The van der Waals surface area contributed by atoms with Crippen molar-refractivity contribution in [3.63, 3.8) is 0 Å². The van der Waals surface area contributed by atoms with Gasteiger partial charge in [-0.15, -0.1) is 0 Å². The molecule has 0 atom stereocenters. The smallest absolute Gasteiger partial charge is 0.306 e. The van der Waals surface area contributed by atoms with Crippen LogP contribution in [0, 0.1) is 5.82 Å². The van der Waals surface area contributed by atoms with Gasteiger partial charge in [-0.2, -0.15) is 0 Å². The van der Waals surface area contributed by atoms with Crippen molar-refractivity contribution in [2.24, 2.45) is 0 Å². The second-order valence-electron chi connectivity index (χ2n) is 5.26. The topological polar surface area (TPSA) is 55.4 Å². The fourth-order valence-corrected chi connectivity index (χ4v) is 1.76. The Morgan fingerprint density at radius 2 is 1.95 bits per heavy atom. The highest BCUT2D eigenvalue weighted by molar-refractivity contribution is 9.10. The van der Waals surface area contributed by atoms with Gasteiger partial charge in [0.15, 0.2) is 0 Å². The van der Waals surface area contributed by atoms with Crippen molar-refractivity contribution >= 4 is 33.5 Å². The minimum atomic E-state index is -0.570. The van der Waals surface area contributed by atoms with Crippen LogP contribution >= 0.6 is 15.9 Å². The van der Waals surface area contributed by atoms with E-state index in [4.69, 9.17) is 4.74 Å². The van der Waals surface area contributed by atoms with E-state index in [1.54, 1.807) is 20.8 Å². The van der Waals surface area contributed by atoms with Crippen LogP contribution in [0.1, 0.15) is 33.6 Å². The number of hydrogen-bond donors (Lipinski definition) is 1. The fraction of sp³-hybridized carbons (Fsp3) is 0.429. The van der Waals surface area contributed by atoms with E-state index in [0.29, 0.717) is 10.2 Å². The Hall–Kier alpha value is -1.43. The van der Waals surface area contributed by atoms with Crippen molar-refractivity contribution in [1.29, 1.82) is 0 Å². The molecule has 0 aliphatic carbocycles. The summed E-state index contributed by atoms with van der Waals surface area (Å²) in [6.45, 7) is 5.28. The first-order valence-electron chi connectivity index (χ1n) is 6.14. The van der Waals surface area contributed by atoms with Crippen LogP contribution in [0.3, 0.4) is 0 Å². The molecule has 0 saturated heterocycles. The quantitative estimate of drug-likeness (QED) is 0.847. The van der Waals surface area contributed by atoms with Gasteiger partial charge in [-0.05, 0) is 54.9 Å². The van der Waals surface area contributed by atoms with Gasteiger partial charge in [0.2, 0.25) is 5.91 Å². The fourth-order valence-electron chi connectivity index (χ4n) is 1.41. The molecular formula is C14H17BrFNO3. The predicted octanol–water partition coefficient (Wildman–Crippen LogP) is 3.65. The summed E-state index contributed by atoms with van der Waals surface area (Å²) in [5.41, 5.74) is -0.238. The molecule has 0 fully saturated rings. The lowest BCUT2D eigenvalue weighted by molar-refractivity contribution is -0.155. The molecule has 0 heterocycles. The number of anilines is 1. The third-order valence-corrected chi connectivity index (χ3v) is 2.87. The van der Waals surface area contributed by atoms with Gasteiger partial charge in [0.05, 0.1) is 12.1 Å². The summed E-state index contributed by atoms with van der Waals surface area (Å²) in [7, 11) is 0. The molecule has 0 unspecified atom stereocenters. The highest BCUT2D eigenvalue weighted by atomic mass is 79.9. The van der Waals surface area contributed by atoms with Gasteiger partial charge in [0.25, 0.3) is 0 Å². The molecule has 20 heavy (non-hydrogen) atoms. The molecular weight excluding hydrogens is 329 g/mol. The molecule has 0 saturated carbocycles. The highest BCUT2D eigenvalue weighted by Gasteiger charge is 2.17. The minimum Gasteiger partial charge on any atom is -0.460 e. The summed E-state index contributed by atoms with van der Waals surface area (Å²) in [6.07, 6.45) is -0.0338. The van der Waals surface area contributed by atoms with Crippen LogP contribution in [-0.2, 0) is 14.3 Å². The number of amides is 1. The lowest BCUT2D eigenvalue weighted by atomic mass is 10.2. The molecule has 4 nitrogen and oxygen atoms in total. The van der Waals surface area contributed by atoms with E-state index in [0.717, 1.165) is 0 Å². The first kappa shape index (κ1) is 16.6. The number of halogens is 2. The van der Waals surface area contributed by atoms with Crippen LogP contribution in [0.5, 0.6) is 0 Å². The molecule has 1 amide bonds. The SMILES string of the molecule is CC(C)(C)OC(=O)CCC(=O)Nc1cc(F)ccc1Br. The standard InChI is InChI=1S/C14H17BrFNO3/c1-14(2,3)20-13(19)7-6-12(18)17-11-8-9(16)4-5-10(11)15/h4-5,8H,6-7H2,1-3H3,(H,17,18). The normalized spacial score (nSPS) is 11.1. The van der Waals surface area contributed by atoms with E-state index in [9.17, 15) is 14.0 Å². The molecule has 1 aromatic rings. The number of hydrogen-bond acceptors (Lipinski definition) is 3. The number of carbonyl (C=O) groups excluding carboxylic acids is 2. The Labute approximate surface area is 125 Å². The molecule has 6 heteroatoms. The Morgan fingerprint density at radius 1 is 1.30 bits per heavy atom. The number of carbonyl (C=O) groups is 2. The van der Waals surface area contributed by atoms with Gasteiger partial charge < -0.3 is 10.1 Å². The van der Waals surface area contributed by atoms with Crippen LogP contribution in [-0.4, -0.2) is 17.5 Å². The number of ether oxygens (including phenoxy) is 1. The first-order chi connectivity index (χ1) is 9.17. The summed E-state index contributed by atoms with van der Waals surface area (Å²) < 4.78 is 18.7. The number of benzene rings is 1. The lowest BCUT2D eigenvalue weighted by Crippen LogP contribution is -2.24. The summed E-state index contributed by atoms with van der Waals surface area (Å²) in [4.78, 5) is 23.1. The van der Waals surface area contributed by atoms with E-state index in [1.165, 1.54) is 18.2 Å². The van der Waals surface area contributed by atoms with Crippen molar-refractivity contribution in [2.75, 3.05) is 5.32 Å². The van der Waals surface area contributed by atoms with Crippen molar-refractivity contribution in [1.82, 2.24) is 0 Å². The molecule has 1 rings (SSSR count). The lowest BCUT2D eigenvalue weighted by Gasteiger charge is -2.19. The molecule has 0 aliphatic heterocycles.